The fourth-order valence-electron chi connectivity index (χ4n) is 3.05. The Balaban J connectivity index is 1.56. The zero-order valence-electron chi connectivity index (χ0n) is 13.0. The van der Waals surface area contributed by atoms with Crippen LogP contribution >= 0.6 is 11.6 Å². The maximum absolute atomic E-state index is 9.69. The number of nitrogens with zero attached hydrogens (tertiary/aromatic N) is 2. The molecule has 5 heteroatoms. The number of pyridine rings is 1. The molecule has 23 heavy (non-hydrogen) atoms. The van der Waals surface area contributed by atoms with Crippen molar-refractivity contribution in [2.45, 2.75) is 24.9 Å². The lowest BCUT2D eigenvalue weighted by Gasteiger charge is -2.35. The minimum atomic E-state index is -0.0429. The fraction of sp³-hybridized carbons (Fsp3) is 0.389. The Morgan fingerprint density at radius 3 is 2.52 bits per heavy atom. The van der Waals surface area contributed by atoms with Crippen LogP contribution < -0.4 is 10.2 Å². The summed E-state index contributed by atoms with van der Waals surface area (Å²) in [5, 5.41) is 14.0. The lowest BCUT2D eigenvalue weighted by Crippen LogP contribution is -2.44. The molecular formula is C18H22ClN3O. The second-order valence-electron chi connectivity index (χ2n) is 5.90. The van der Waals surface area contributed by atoms with Crippen LogP contribution in [0.1, 0.15) is 24.4 Å². The van der Waals surface area contributed by atoms with Crippen molar-refractivity contribution in [2.24, 2.45) is 0 Å². The molecular weight excluding hydrogens is 310 g/mol. The van der Waals surface area contributed by atoms with Gasteiger partial charge in [-0.1, -0.05) is 29.8 Å². The van der Waals surface area contributed by atoms with Crippen LogP contribution in [0.2, 0.25) is 5.02 Å². The largest absolute Gasteiger partial charge is 0.394 e. The number of aromatic nitrogens is 1. The third kappa shape index (κ3) is 4.22. The number of nitrogens with one attached hydrogen (secondary N) is 1. The van der Waals surface area contributed by atoms with Crippen molar-refractivity contribution in [1.82, 2.24) is 10.3 Å². The van der Waals surface area contributed by atoms with Crippen molar-refractivity contribution in [3.63, 3.8) is 0 Å². The molecule has 1 aromatic heterocycles. The van der Waals surface area contributed by atoms with Crippen molar-refractivity contribution in [1.29, 1.82) is 0 Å². The van der Waals surface area contributed by atoms with Crippen molar-refractivity contribution in [3.05, 3.63) is 59.2 Å². The lowest BCUT2D eigenvalue weighted by molar-refractivity contribution is 0.225. The third-order valence-corrected chi connectivity index (χ3v) is 4.61. The summed E-state index contributed by atoms with van der Waals surface area (Å²) in [6.07, 6.45) is 3.92. The maximum atomic E-state index is 9.69. The highest BCUT2D eigenvalue weighted by molar-refractivity contribution is 6.30. The minimum absolute atomic E-state index is 0.0429. The molecule has 1 aromatic carbocycles. The summed E-state index contributed by atoms with van der Waals surface area (Å²) in [4.78, 5) is 6.73. The minimum Gasteiger partial charge on any atom is -0.394 e. The zero-order valence-corrected chi connectivity index (χ0v) is 13.8. The van der Waals surface area contributed by atoms with Gasteiger partial charge >= 0.3 is 0 Å². The molecule has 1 unspecified atom stereocenters. The van der Waals surface area contributed by atoms with Gasteiger partial charge < -0.3 is 15.3 Å². The molecule has 0 radical (unpaired) electrons. The summed E-state index contributed by atoms with van der Waals surface area (Å²) in [7, 11) is 0. The van der Waals surface area contributed by atoms with Crippen LogP contribution in [0, 0.1) is 0 Å². The van der Waals surface area contributed by atoms with Gasteiger partial charge in [0, 0.05) is 30.4 Å². The highest BCUT2D eigenvalue weighted by atomic mass is 35.5. The van der Waals surface area contributed by atoms with Gasteiger partial charge in [-0.05, 0) is 42.7 Å². The summed E-state index contributed by atoms with van der Waals surface area (Å²) >= 11 is 5.93. The summed E-state index contributed by atoms with van der Waals surface area (Å²) in [6.45, 7) is 2.04. The van der Waals surface area contributed by atoms with E-state index in [0.717, 1.165) is 37.3 Å². The van der Waals surface area contributed by atoms with Crippen molar-refractivity contribution in [3.8, 4) is 0 Å². The van der Waals surface area contributed by atoms with Crippen LogP contribution in [0.5, 0.6) is 0 Å². The van der Waals surface area contributed by atoms with Crippen LogP contribution in [0.3, 0.4) is 0 Å². The van der Waals surface area contributed by atoms with Gasteiger partial charge in [0.1, 0.15) is 5.82 Å². The SMILES string of the molecule is OCC(NC1CCN(c2ccccn2)CC1)c1ccc(Cl)cc1. The van der Waals surface area contributed by atoms with Crippen LogP contribution in [0.15, 0.2) is 48.7 Å². The number of halogens is 1. The predicted octanol–water partition coefficient (Wildman–Crippen LogP) is 3.03. The van der Waals surface area contributed by atoms with Gasteiger partial charge in [0.2, 0.25) is 0 Å². The molecule has 0 amide bonds. The first-order chi connectivity index (χ1) is 11.3. The molecule has 2 N–H and O–H groups in total. The average Bonchev–Trinajstić information content (AvgIpc) is 2.62. The van der Waals surface area contributed by atoms with Crippen LogP contribution in [-0.2, 0) is 0 Å². The Morgan fingerprint density at radius 2 is 1.91 bits per heavy atom. The number of aliphatic hydroxyl groups is 1. The molecule has 122 valence electrons. The molecule has 2 aromatic rings. The van der Waals surface area contributed by atoms with Crippen LogP contribution in [0.25, 0.3) is 0 Å². The monoisotopic (exact) mass is 331 g/mol. The number of benzene rings is 1. The lowest BCUT2D eigenvalue weighted by atomic mass is 10.0. The Morgan fingerprint density at radius 1 is 1.17 bits per heavy atom. The predicted molar refractivity (Wildman–Crippen MR) is 93.9 cm³/mol. The highest BCUT2D eigenvalue weighted by Crippen LogP contribution is 2.21. The van der Waals surface area contributed by atoms with E-state index in [2.05, 4.69) is 21.3 Å². The van der Waals surface area contributed by atoms with Gasteiger partial charge in [0.05, 0.1) is 12.6 Å². The summed E-state index contributed by atoms with van der Waals surface area (Å²) < 4.78 is 0. The van der Waals surface area contributed by atoms with E-state index < -0.39 is 0 Å². The molecule has 0 spiro atoms. The van der Waals surface area contributed by atoms with Gasteiger partial charge in [-0.25, -0.2) is 4.98 Å². The molecule has 1 aliphatic rings. The molecule has 0 aliphatic carbocycles. The standard InChI is InChI=1S/C18H22ClN3O/c19-15-6-4-14(5-7-15)17(13-23)21-16-8-11-22(12-9-16)18-3-1-2-10-20-18/h1-7,10,16-17,21,23H,8-9,11-13H2. The molecule has 3 rings (SSSR count). The van der Waals surface area contributed by atoms with E-state index in [-0.39, 0.29) is 12.6 Å². The highest BCUT2D eigenvalue weighted by Gasteiger charge is 2.22. The zero-order chi connectivity index (χ0) is 16.1. The first kappa shape index (κ1) is 16.2. The Hall–Kier alpha value is -1.62. The average molecular weight is 332 g/mol. The van der Waals surface area contributed by atoms with E-state index in [1.54, 1.807) is 0 Å². The normalized spacial score (nSPS) is 17.2. The Labute approximate surface area is 142 Å². The molecule has 1 aliphatic heterocycles. The molecule has 0 saturated carbocycles. The van der Waals surface area contributed by atoms with Gasteiger partial charge in [0.15, 0.2) is 0 Å². The quantitative estimate of drug-likeness (QED) is 0.884. The van der Waals surface area contributed by atoms with Crippen molar-refractivity contribution >= 4 is 17.4 Å². The number of anilines is 1. The summed E-state index contributed by atoms with van der Waals surface area (Å²) in [6, 6.07) is 14.1. The fourth-order valence-corrected chi connectivity index (χ4v) is 3.18. The molecule has 2 heterocycles. The van der Waals surface area contributed by atoms with Crippen LogP contribution in [-0.4, -0.2) is 35.8 Å². The van der Waals surface area contributed by atoms with E-state index in [1.165, 1.54) is 0 Å². The van der Waals surface area contributed by atoms with Gasteiger partial charge in [-0.2, -0.15) is 0 Å². The van der Waals surface area contributed by atoms with Crippen molar-refractivity contribution < 1.29 is 5.11 Å². The van der Waals surface area contributed by atoms with E-state index in [4.69, 9.17) is 11.6 Å². The number of hydrogen-bond acceptors (Lipinski definition) is 4. The van der Waals surface area contributed by atoms with E-state index in [1.807, 2.05) is 42.6 Å². The molecule has 1 fully saturated rings. The maximum Gasteiger partial charge on any atom is 0.128 e. The Kier molecular flexibility index (Phi) is 5.49. The number of piperidine rings is 1. The second kappa shape index (κ2) is 7.77. The number of rotatable bonds is 5. The smallest absolute Gasteiger partial charge is 0.128 e. The summed E-state index contributed by atoms with van der Waals surface area (Å²) in [5.74, 6) is 1.04. The first-order valence-corrected chi connectivity index (χ1v) is 8.42. The molecule has 1 atom stereocenters. The van der Waals surface area contributed by atoms with Gasteiger partial charge in [-0.3, -0.25) is 0 Å². The van der Waals surface area contributed by atoms with E-state index in [0.29, 0.717) is 11.1 Å². The van der Waals surface area contributed by atoms with Crippen molar-refractivity contribution in [2.75, 3.05) is 24.6 Å². The Bertz CT molecular complexity index is 597. The molecule has 1 saturated heterocycles. The van der Waals surface area contributed by atoms with Gasteiger partial charge in [0.25, 0.3) is 0 Å². The van der Waals surface area contributed by atoms with Crippen LogP contribution in [0.4, 0.5) is 5.82 Å². The first-order valence-electron chi connectivity index (χ1n) is 8.04. The number of hydrogen-bond donors (Lipinski definition) is 2. The van der Waals surface area contributed by atoms with Gasteiger partial charge in [-0.15, -0.1) is 0 Å². The summed E-state index contributed by atoms with van der Waals surface area (Å²) in [5.41, 5.74) is 1.07. The van der Waals surface area contributed by atoms with E-state index in [9.17, 15) is 5.11 Å². The van der Waals surface area contributed by atoms with E-state index >= 15 is 0 Å². The molecule has 0 bridgehead atoms. The molecule has 4 nitrogen and oxygen atoms in total. The number of aliphatic hydroxyl groups excluding tert-OH is 1. The third-order valence-electron chi connectivity index (χ3n) is 4.36. The topological polar surface area (TPSA) is 48.4 Å². The second-order valence-corrected chi connectivity index (χ2v) is 6.34.